The van der Waals surface area contributed by atoms with Gasteiger partial charge in [-0.05, 0) is 50.1 Å². The van der Waals surface area contributed by atoms with Crippen LogP contribution in [0.5, 0.6) is 0 Å². The van der Waals surface area contributed by atoms with Gasteiger partial charge in [0.15, 0.2) is 0 Å². The molecule has 0 aliphatic carbocycles. The zero-order valence-corrected chi connectivity index (χ0v) is 16.5. The Balaban J connectivity index is 1.95. The summed E-state index contributed by atoms with van der Waals surface area (Å²) in [4.78, 5) is 35.6. The zero-order chi connectivity index (χ0) is 20.3. The highest BCUT2D eigenvalue weighted by Gasteiger charge is 2.21. The van der Waals surface area contributed by atoms with Crippen molar-refractivity contribution in [1.82, 2.24) is 14.9 Å². The maximum absolute atomic E-state index is 13.2. The van der Waals surface area contributed by atoms with Crippen LogP contribution in [0.4, 0.5) is 0 Å². The van der Waals surface area contributed by atoms with Crippen LogP contribution in [0.15, 0.2) is 42.5 Å². The van der Waals surface area contributed by atoms with E-state index in [2.05, 4.69) is 9.97 Å². The predicted molar refractivity (Wildman–Crippen MR) is 107 cm³/mol. The molecule has 0 fully saturated rings. The monoisotopic (exact) mass is 377 g/mol. The number of aryl methyl sites for hydroxylation is 3. The highest BCUT2D eigenvalue weighted by atomic mass is 16.5. The molecule has 6 nitrogen and oxygen atoms in total. The molecule has 0 aliphatic rings. The Kier molecular flexibility index (Phi) is 5.68. The molecule has 1 heterocycles. The Morgan fingerprint density at radius 1 is 0.964 bits per heavy atom. The number of hydrogen-bond acceptors (Lipinski definition) is 5. The van der Waals surface area contributed by atoms with E-state index in [0.29, 0.717) is 17.6 Å². The van der Waals surface area contributed by atoms with Crippen LogP contribution in [0, 0.1) is 20.8 Å². The van der Waals surface area contributed by atoms with Crippen LogP contribution in [-0.2, 0) is 16.1 Å². The van der Waals surface area contributed by atoms with Gasteiger partial charge in [0.1, 0.15) is 6.54 Å². The first-order valence-corrected chi connectivity index (χ1v) is 9.04. The van der Waals surface area contributed by atoms with Gasteiger partial charge in [0.25, 0.3) is 5.91 Å². The first kappa shape index (κ1) is 19.5. The number of esters is 1. The molecule has 0 aliphatic heterocycles. The van der Waals surface area contributed by atoms with E-state index in [1.54, 1.807) is 18.2 Å². The number of hydrogen-bond donors (Lipinski definition) is 0. The van der Waals surface area contributed by atoms with Gasteiger partial charge in [0.2, 0.25) is 0 Å². The lowest BCUT2D eigenvalue weighted by atomic mass is 10.1. The summed E-state index contributed by atoms with van der Waals surface area (Å²) in [6, 6.07) is 13.0. The number of carbonyl (C=O) groups is 2. The Hall–Kier alpha value is -3.28. The van der Waals surface area contributed by atoms with Crippen LogP contribution in [0.25, 0.3) is 11.0 Å². The fourth-order valence-corrected chi connectivity index (χ4v) is 2.96. The molecule has 0 saturated heterocycles. The van der Waals surface area contributed by atoms with Crippen molar-refractivity contribution in [3.8, 4) is 0 Å². The van der Waals surface area contributed by atoms with Crippen LogP contribution < -0.4 is 0 Å². The van der Waals surface area contributed by atoms with Crippen LogP contribution >= 0.6 is 0 Å². The lowest BCUT2D eigenvalue weighted by molar-refractivity contribution is -0.141. The molecule has 0 saturated carbocycles. The van der Waals surface area contributed by atoms with E-state index in [1.165, 1.54) is 12.0 Å². The number of benzene rings is 2. The van der Waals surface area contributed by atoms with Crippen molar-refractivity contribution in [3.05, 3.63) is 70.5 Å². The van der Waals surface area contributed by atoms with Crippen LogP contribution in [-0.4, -0.2) is 40.4 Å². The normalized spacial score (nSPS) is 10.7. The van der Waals surface area contributed by atoms with Crippen molar-refractivity contribution < 1.29 is 14.3 Å². The van der Waals surface area contributed by atoms with Crippen molar-refractivity contribution in [2.75, 3.05) is 13.7 Å². The first-order chi connectivity index (χ1) is 13.4. The second kappa shape index (κ2) is 8.17. The van der Waals surface area contributed by atoms with Crippen LogP contribution in [0.3, 0.4) is 0 Å². The largest absolute Gasteiger partial charge is 0.468 e. The Labute approximate surface area is 164 Å². The third kappa shape index (κ3) is 4.17. The molecule has 0 unspecified atom stereocenters. The molecule has 6 heteroatoms. The third-order valence-corrected chi connectivity index (χ3v) is 4.78. The molecule has 144 valence electrons. The van der Waals surface area contributed by atoms with E-state index in [4.69, 9.17) is 4.74 Å². The summed E-state index contributed by atoms with van der Waals surface area (Å²) >= 11 is 0. The predicted octanol–water partition coefficient (Wildman–Crippen LogP) is 3.37. The van der Waals surface area contributed by atoms with Crippen LogP contribution in [0.2, 0.25) is 0 Å². The second-order valence-corrected chi connectivity index (χ2v) is 6.76. The average molecular weight is 377 g/mol. The summed E-state index contributed by atoms with van der Waals surface area (Å²) in [7, 11) is 1.31. The van der Waals surface area contributed by atoms with Crippen molar-refractivity contribution in [1.29, 1.82) is 0 Å². The number of rotatable bonds is 5. The van der Waals surface area contributed by atoms with Crippen molar-refractivity contribution >= 4 is 22.9 Å². The van der Waals surface area contributed by atoms with Gasteiger partial charge in [0.05, 0.1) is 29.5 Å². The van der Waals surface area contributed by atoms with Gasteiger partial charge >= 0.3 is 5.97 Å². The van der Waals surface area contributed by atoms with E-state index < -0.39 is 5.97 Å². The third-order valence-electron chi connectivity index (χ3n) is 4.78. The maximum Gasteiger partial charge on any atom is 0.325 e. The molecule has 0 spiro atoms. The van der Waals surface area contributed by atoms with Gasteiger partial charge in [-0.25, -0.2) is 9.97 Å². The molecule has 1 aromatic heterocycles. The Morgan fingerprint density at radius 2 is 1.64 bits per heavy atom. The van der Waals surface area contributed by atoms with Crippen molar-refractivity contribution in [3.63, 3.8) is 0 Å². The summed E-state index contributed by atoms with van der Waals surface area (Å²) in [5, 5.41) is 0. The van der Waals surface area contributed by atoms with Gasteiger partial charge in [-0.15, -0.1) is 0 Å². The van der Waals surface area contributed by atoms with Gasteiger partial charge in [0, 0.05) is 12.1 Å². The van der Waals surface area contributed by atoms with E-state index in [-0.39, 0.29) is 12.5 Å². The fourth-order valence-electron chi connectivity index (χ4n) is 2.96. The molecule has 0 bridgehead atoms. The summed E-state index contributed by atoms with van der Waals surface area (Å²) < 4.78 is 4.78. The maximum atomic E-state index is 13.2. The molecule has 0 N–H and O–H groups in total. The molecule has 3 rings (SSSR count). The van der Waals surface area contributed by atoms with Gasteiger partial charge in [-0.3, -0.25) is 9.59 Å². The average Bonchev–Trinajstić information content (AvgIpc) is 2.69. The molecular weight excluding hydrogens is 354 g/mol. The highest BCUT2D eigenvalue weighted by Crippen LogP contribution is 2.18. The van der Waals surface area contributed by atoms with Crippen LogP contribution in [0.1, 0.15) is 32.9 Å². The summed E-state index contributed by atoms with van der Waals surface area (Å²) in [5.74, 6) is -0.718. The topological polar surface area (TPSA) is 72.4 Å². The summed E-state index contributed by atoms with van der Waals surface area (Å²) in [5.41, 5.74) is 5.57. The molecule has 0 radical (unpaired) electrons. The van der Waals surface area contributed by atoms with E-state index in [0.717, 1.165) is 28.0 Å². The van der Waals surface area contributed by atoms with Gasteiger partial charge < -0.3 is 9.64 Å². The van der Waals surface area contributed by atoms with Gasteiger partial charge in [-0.1, -0.05) is 24.3 Å². The minimum Gasteiger partial charge on any atom is -0.468 e. The highest BCUT2D eigenvalue weighted by molar-refractivity contribution is 5.98. The quantitative estimate of drug-likeness (QED) is 0.638. The standard InChI is InChI=1S/C22H23N3O3/c1-14-7-5-6-8-18(14)12-25(13-21(26)28-4)22(27)17-9-10-19-20(11-17)24-16(3)15(2)23-19/h5-11H,12-13H2,1-4H3. The van der Waals surface area contributed by atoms with Crippen molar-refractivity contribution in [2.24, 2.45) is 0 Å². The number of aromatic nitrogens is 2. The Bertz CT molecular complexity index is 1050. The molecule has 3 aromatic rings. The molecular formula is C22H23N3O3. The number of nitrogens with zero attached hydrogens (tertiary/aromatic N) is 3. The zero-order valence-electron chi connectivity index (χ0n) is 16.5. The SMILES string of the molecule is COC(=O)CN(Cc1ccccc1C)C(=O)c1ccc2nc(C)c(C)nc2c1. The number of fused-ring (bicyclic) bond motifs is 1. The molecule has 2 aromatic carbocycles. The Morgan fingerprint density at radius 3 is 2.32 bits per heavy atom. The lowest BCUT2D eigenvalue weighted by Gasteiger charge is -2.22. The number of carbonyl (C=O) groups excluding carboxylic acids is 2. The number of ether oxygens (including phenoxy) is 1. The smallest absolute Gasteiger partial charge is 0.325 e. The molecule has 0 atom stereocenters. The minimum absolute atomic E-state index is 0.125. The lowest BCUT2D eigenvalue weighted by Crippen LogP contribution is -2.36. The number of methoxy groups -OCH3 is 1. The second-order valence-electron chi connectivity index (χ2n) is 6.76. The summed E-state index contributed by atoms with van der Waals surface area (Å²) in [6.45, 7) is 5.96. The first-order valence-electron chi connectivity index (χ1n) is 9.04. The molecule has 28 heavy (non-hydrogen) atoms. The molecule has 1 amide bonds. The van der Waals surface area contributed by atoms with Crippen molar-refractivity contribution in [2.45, 2.75) is 27.3 Å². The van der Waals surface area contributed by atoms with E-state index >= 15 is 0 Å². The van der Waals surface area contributed by atoms with E-state index in [9.17, 15) is 9.59 Å². The van der Waals surface area contributed by atoms with Gasteiger partial charge in [-0.2, -0.15) is 0 Å². The minimum atomic E-state index is -0.464. The summed E-state index contributed by atoms with van der Waals surface area (Å²) in [6.07, 6.45) is 0. The fraction of sp³-hybridized carbons (Fsp3) is 0.273. The number of amides is 1. The van der Waals surface area contributed by atoms with E-state index in [1.807, 2.05) is 45.0 Å².